The number of halogens is 3. The Labute approximate surface area is 140 Å². The average Bonchev–Trinajstić information content (AvgIpc) is 2.54. The predicted molar refractivity (Wildman–Crippen MR) is 84.8 cm³/mol. The number of ether oxygens (including phenoxy) is 1. The van der Waals surface area contributed by atoms with Gasteiger partial charge in [-0.15, -0.1) is 0 Å². The molecular weight excluding hydrogens is 321 g/mol. The van der Waals surface area contributed by atoms with E-state index in [1.54, 1.807) is 0 Å². The van der Waals surface area contributed by atoms with Crippen LogP contribution in [0.5, 0.6) is 0 Å². The van der Waals surface area contributed by atoms with Crippen molar-refractivity contribution in [2.24, 2.45) is 5.92 Å². The second-order valence-electron chi connectivity index (χ2n) is 6.21. The minimum Gasteiger partial charge on any atom is -0.379 e. The fourth-order valence-corrected chi connectivity index (χ4v) is 2.92. The van der Waals surface area contributed by atoms with E-state index in [0.29, 0.717) is 19.8 Å². The van der Waals surface area contributed by atoms with Crippen molar-refractivity contribution in [1.29, 1.82) is 0 Å². The van der Waals surface area contributed by atoms with E-state index in [2.05, 4.69) is 10.2 Å². The molecule has 1 N–H and O–H groups in total. The molecule has 4 nitrogen and oxygen atoms in total. The van der Waals surface area contributed by atoms with E-state index in [9.17, 15) is 18.0 Å². The molecule has 134 valence electrons. The molecule has 1 heterocycles. The first-order valence-corrected chi connectivity index (χ1v) is 8.07. The summed E-state index contributed by atoms with van der Waals surface area (Å²) in [7, 11) is 0. The lowest BCUT2D eigenvalue weighted by Gasteiger charge is -2.37. The van der Waals surface area contributed by atoms with E-state index in [-0.39, 0.29) is 17.5 Å². The van der Waals surface area contributed by atoms with Crippen molar-refractivity contribution in [2.75, 3.05) is 32.8 Å². The summed E-state index contributed by atoms with van der Waals surface area (Å²) >= 11 is 0. The molecule has 1 saturated heterocycles. The number of carbonyl (C=O) groups is 1. The molecule has 0 bridgehead atoms. The maximum atomic E-state index is 13.0. The van der Waals surface area contributed by atoms with Gasteiger partial charge in [0.05, 0.1) is 24.3 Å². The monoisotopic (exact) mass is 344 g/mol. The van der Waals surface area contributed by atoms with Gasteiger partial charge in [-0.05, 0) is 18.1 Å². The lowest BCUT2D eigenvalue weighted by Crippen LogP contribution is -2.51. The summed E-state index contributed by atoms with van der Waals surface area (Å²) in [4.78, 5) is 14.5. The van der Waals surface area contributed by atoms with Crippen LogP contribution in [0.2, 0.25) is 0 Å². The number of nitrogens with one attached hydrogen (secondary N) is 1. The molecule has 1 aliphatic rings. The molecule has 1 aromatic carbocycles. The third-order valence-corrected chi connectivity index (χ3v) is 4.23. The third-order valence-electron chi connectivity index (χ3n) is 4.23. The normalized spacial score (nSPS) is 17.8. The standard InChI is InChI=1S/C17H23F3N2O2/c1-12(2)15(22-7-9-24-10-8-22)11-21-16(23)13-5-3-4-6-14(13)17(18,19)20/h3-6,12,15H,7-11H2,1-2H3,(H,21,23)/t15-/m1/s1. The molecule has 0 aliphatic carbocycles. The maximum absolute atomic E-state index is 13.0. The van der Waals surface area contributed by atoms with Crippen molar-refractivity contribution in [3.8, 4) is 0 Å². The number of alkyl halides is 3. The number of hydrogen-bond acceptors (Lipinski definition) is 3. The van der Waals surface area contributed by atoms with Crippen molar-refractivity contribution >= 4 is 5.91 Å². The second-order valence-corrected chi connectivity index (χ2v) is 6.21. The highest BCUT2D eigenvalue weighted by molar-refractivity contribution is 5.95. The minimum absolute atomic E-state index is 0.0656. The summed E-state index contributed by atoms with van der Waals surface area (Å²) < 4.78 is 44.4. The van der Waals surface area contributed by atoms with Crippen LogP contribution < -0.4 is 5.32 Å². The van der Waals surface area contributed by atoms with Gasteiger partial charge in [0.25, 0.3) is 5.91 Å². The van der Waals surface area contributed by atoms with Gasteiger partial charge in [-0.25, -0.2) is 0 Å². The zero-order valence-electron chi connectivity index (χ0n) is 13.9. The molecule has 7 heteroatoms. The highest BCUT2D eigenvalue weighted by atomic mass is 19.4. The van der Waals surface area contributed by atoms with Crippen molar-refractivity contribution in [3.63, 3.8) is 0 Å². The summed E-state index contributed by atoms with van der Waals surface area (Å²) in [6.07, 6.45) is -4.55. The highest BCUT2D eigenvalue weighted by Crippen LogP contribution is 2.31. The molecule has 1 aromatic rings. The van der Waals surface area contributed by atoms with E-state index in [4.69, 9.17) is 4.74 Å². The Balaban J connectivity index is 2.06. The van der Waals surface area contributed by atoms with E-state index in [1.807, 2.05) is 13.8 Å². The van der Waals surface area contributed by atoms with Gasteiger partial charge in [-0.2, -0.15) is 13.2 Å². The maximum Gasteiger partial charge on any atom is 0.417 e. The van der Waals surface area contributed by atoms with Gasteiger partial charge in [0, 0.05) is 25.7 Å². The lowest BCUT2D eigenvalue weighted by atomic mass is 10.0. The Hall–Kier alpha value is -1.60. The number of benzene rings is 1. The minimum atomic E-state index is -4.55. The molecule has 24 heavy (non-hydrogen) atoms. The fraction of sp³-hybridized carbons (Fsp3) is 0.588. The van der Waals surface area contributed by atoms with Crippen molar-refractivity contribution in [3.05, 3.63) is 35.4 Å². The Kier molecular flexibility index (Phi) is 6.23. The molecule has 2 rings (SSSR count). The van der Waals surface area contributed by atoms with Crippen LogP contribution in [0.15, 0.2) is 24.3 Å². The van der Waals surface area contributed by atoms with E-state index in [1.165, 1.54) is 18.2 Å². The van der Waals surface area contributed by atoms with Crippen LogP contribution >= 0.6 is 0 Å². The topological polar surface area (TPSA) is 41.6 Å². The van der Waals surface area contributed by atoms with Gasteiger partial charge >= 0.3 is 6.18 Å². The van der Waals surface area contributed by atoms with Crippen LogP contribution in [-0.2, 0) is 10.9 Å². The van der Waals surface area contributed by atoms with E-state index < -0.39 is 17.6 Å². The number of morpholine rings is 1. The lowest BCUT2D eigenvalue weighted by molar-refractivity contribution is -0.137. The van der Waals surface area contributed by atoms with Gasteiger partial charge in [-0.3, -0.25) is 9.69 Å². The second kappa shape index (κ2) is 7.98. The van der Waals surface area contributed by atoms with Crippen molar-refractivity contribution < 1.29 is 22.7 Å². The Morgan fingerprint density at radius 2 is 1.88 bits per heavy atom. The van der Waals surface area contributed by atoms with Gasteiger partial charge in [0.2, 0.25) is 0 Å². The Morgan fingerprint density at radius 1 is 1.25 bits per heavy atom. The average molecular weight is 344 g/mol. The first-order valence-electron chi connectivity index (χ1n) is 8.07. The molecule has 1 atom stereocenters. The Bertz CT molecular complexity index is 555. The molecule has 1 amide bonds. The van der Waals surface area contributed by atoms with Gasteiger partial charge in [-0.1, -0.05) is 26.0 Å². The molecule has 0 aromatic heterocycles. The van der Waals surface area contributed by atoms with E-state index >= 15 is 0 Å². The molecule has 0 saturated carbocycles. The number of carbonyl (C=O) groups excluding carboxylic acids is 1. The van der Waals surface area contributed by atoms with Crippen LogP contribution in [0, 0.1) is 5.92 Å². The first kappa shape index (κ1) is 18.7. The van der Waals surface area contributed by atoms with Crippen LogP contribution in [-0.4, -0.2) is 49.7 Å². The van der Waals surface area contributed by atoms with Crippen LogP contribution in [0.3, 0.4) is 0 Å². The Morgan fingerprint density at radius 3 is 2.46 bits per heavy atom. The zero-order chi connectivity index (χ0) is 17.7. The first-order chi connectivity index (χ1) is 11.3. The molecule has 1 fully saturated rings. The van der Waals surface area contributed by atoms with Crippen molar-refractivity contribution in [1.82, 2.24) is 10.2 Å². The third kappa shape index (κ3) is 4.70. The van der Waals surface area contributed by atoms with Gasteiger partial charge in [0.15, 0.2) is 0 Å². The molecule has 0 radical (unpaired) electrons. The van der Waals surface area contributed by atoms with Gasteiger partial charge in [0.1, 0.15) is 0 Å². The molecule has 0 spiro atoms. The van der Waals surface area contributed by atoms with Crippen LogP contribution in [0.1, 0.15) is 29.8 Å². The summed E-state index contributed by atoms with van der Waals surface area (Å²) in [6, 6.07) is 4.92. The van der Waals surface area contributed by atoms with Crippen LogP contribution in [0.25, 0.3) is 0 Å². The fourth-order valence-electron chi connectivity index (χ4n) is 2.92. The van der Waals surface area contributed by atoms with E-state index in [0.717, 1.165) is 19.2 Å². The molecular formula is C17H23F3N2O2. The SMILES string of the molecule is CC(C)[C@@H](CNC(=O)c1ccccc1C(F)(F)F)N1CCOCC1. The smallest absolute Gasteiger partial charge is 0.379 e. The van der Waals surface area contributed by atoms with Crippen LogP contribution in [0.4, 0.5) is 13.2 Å². The summed E-state index contributed by atoms with van der Waals surface area (Å²) in [5.74, 6) is -0.428. The molecule has 1 aliphatic heterocycles. The summed E-state index contributed by atoms with van der Waals surface area (Å²) in [5, 5.41) is 2.67. The predicted octanol–water partition coefficient (Wildman–Crippen LogP) is 2.79. The largest absolute Gasteiger partial charge is 0.417 e. The summed E-state index contributed by atoms with van der Waals surface area (Å²) in [6.45, 7) is 7.17. The van der Waals surface area contributed by atoms with Gasteiger partial charge < -0.3 is 10.1 Å². The summed E-state index contributed by atoms with van der Waals surface area (Å²) in [5.41, 5.74) is -1.25. The number of amides is 1. The highest BCUT2D eigenvalue weighted by Gasteiger charge is 2.35. The molecule has 0 unspecified atom stereocenters. The van der Waals surface area contributed by atoms with Crippen molar-refractivity contribution in [2.45, 2.75) is 26.1 Å². The number of rotatable bonds is 5. The quantitative estimate of drug-likeness (QED) is 0.893. The zero-order valence-corrected chi connectivity index (χ0v) is 13.9. The number of hydrogen-bond donors (Lipinski definition) is 1. The number of nitrogens with zero attached hydrogens (tertiary/aromatic N) is 1.